The molecule has 4 nitrogen and oxygen atoms in total. The summed E-state index contributed by atoms with van der Waals surface area (Å²) in [6.45, 7) is 2.13. The summed E-state index contributed by atoms with van der Waals surface area (Å²) in [5, 5.41) is 3.57. The summed E-state index contributed by atoms with van der Waals surface area (Å²) < 4.78 is 27.8. The van der Waals surface area contributed by atoms with Crippen molar-refractivity contribution in [3.05, 3.63) is 64.6 Å². The summed E-state index contributed by atoms with van der Waals surface area (Å²) in [6, 6.07) is 8.68. The number of halogens is 2. The van der Waals surface area contributed by atoms with Crippen molar-refractivity contribution in [2.45, 2.75) is 13.5 Å². The van der Waals surface area contributed by atoms with Gasteiger partial charge < -0.3 is 9.88 Å². The van der Waals surface area contributed by atoms with Crippen molar-refractivity contribution in [3.63, 3.8) is 0 Å². The lowest BCUT2D eigenvalue weighted by Gasteiger charge is -2.11. The normalized spacial score (nSPS) is 10.9. The zero-order valence-electron chi connectivity index (χ0n) is 11.8. The van der Waals surface area contributed by atoms with Gasteiger partial charge in [0, 0.05) is 29.9 Å². The highest BCUT2D eigenvalue weighted by molar-refractivity contribution is 5.81. The molecule has 0 bridgehead atoms. The van der Waals surface area contributed by atoms with Crippen LogP contribution in [0.4, 0.5) is 20.3 Å². The van der Waals surface area contributed by atoms with Crippen molar-refractivity contribution < 1.29 is 8.78 Å². The van der Waals surface area contributed by atoms with Gasteiger partial charge in [-0.3, -0.25) is 4.79 Å². The van der Waals surface area contributed by atoms with Crippen molar-refractivity contribution in [2.24, 2.45) is 0 Å². The second kappa shape index (κ2) is 5.55. The van der Waals surface area contributed by atoms with E-state index in [1.165, 1.54) is 29.0 Å². The molecule has 0 fully saturated rings. The van der Waals surface area contributed by atoms with Crippen LogP contribution in [0.1, 0.15) is 6.92 Å². The van der Waals surface area contributed by atoms with Gasteiger partial charge >= 0.3 is 0 Å². The molecule has 0 aliphatic rings. The molecular weight excluding hydrogens is 288 g/mol. The molecule has 0 saturated carbocycles. The topological polar surface area (TPSA) is 46.9 Å². The highest BCUT2D eigenvalue weighted by atomic mass is 19.1. The molecule has 22 heavy (non-hydrogen) atoms. The van der Waals surface area contributed by atoms with E-state index in [0.717, 1.165) is 0 Å². The van der Waals surface area contributed by atoms with Crippen LogP contribution >= 0.6 is 0 Å². The Balaban J connectivity index is 2.07. The Labute approximate surface area is 125 Å². The average molecular weight is 301 g/mol. The molecule has 1 N–H and O–H groups in total. The third-order valence-corrected chi connectivity index (χ3v) is 3.37. The number of aryl methyl sites for hydroxylation is 1. The first kappa shape index (κ1) is 14.2. The SMILES string of the molecule is CCn1c(=O)c(F)cc2cnc(Nc3ccc(F)cc3)cc21. The van der Waals surface area contributed by atoms with E-state index in [2.05, 4.69) is 10.3 Å². The molecule has 112 valence electrons. The first-order chi connectivity index (χ1) is 10.6. The molecule has 0 radical (unpaired) electrons. The van der Waals surface area contributed by atoms with Crippen LogP contribution in [0.5, 0.6) is 0 Å². The van der Waals surface area contributed by atoms with E-state index in [0.29, 0.717) is 29.0 Å². The summed E-state index contributed by atoms with van der Waals surface area (Å²) in [6.07, 6.45) is 1.50. The molecule has 0 atom stereocenters. The average Bonchev–Trinajstić information content (AvgIpc) is 2.51. The molecule has 2 heterocycles. The Morgan fingerprint density at radius 2 is 1.91 bits per heavy atom. The lowest BCUT2D eigenvalue weighted by Crippen LogP contribution is -2.22. The second-order valence-corrected chi connectivity index (χ2v) is 4.80. The highest BCUT2D eigenvalue weighted by Gasteiger charge is 2.09. The minimum atomic E-state index is -0.796. The number of anilines is 2. The molecule has 6 heteroatoms. The number of fused-ring (bicyclic) bond motifs is 1. The molecule has 0 aliphatic heterocycles. The van der Waals surface area contributed by atoms with Crippen LogP contribution in [0, 0.1) is 11.6 Å². The highest BCUT2D eigenvalue weighted by Crippen LogP contribution is 2.20. The van der Waals surface area contributed by atoms with Gasteiger partial charge in [-0.25, -0.2) is 13.8 Å². The van der Waals surface area contributed by atoms with Crippen LogP contribution in [0.15, 0.2) is 47.4 Å². The fraction of sp³-hybridized carbons (Fsp3) is 0.125. The van der Waals surface area contributed by atoms with E-state index in [9.17, 15) is 13.6 Å². The van der Waals surface area contributed by atoms with Crippen LogP contribution in [-0.4, -0.2) is 9.55 Å². The zero-order chi connectivity index (χ0) is 15.7. The third-order valence-electron chi connectivity index (χ3n) is 3.37. The Kier molecular flexibility index (Phi) is 3.58. The smallest absolute Gasteiger partial charge is 0.287 e. The first-order valence-corrected chi connectivity index (χ1v) is 6.80. The standard InChI is InChI=1S/C16H13F2N3O/c1-2-21-14-8-15(20-12-5-3-11(17)4-6-12)19-9-10(14)7-13(18)16(21)22/h3-9H,2H2,1H3,(H,19,20). The summed E-state index contributed by atoms with van der Waals surface area (Å²) in [7, 11) is 0. The molecule has 0 aliphatic carbocycles. The maximum Gasteiger partial charge on any atom is 0.287 e. The zero-order valence-corrected chi connectivity index (χ0v) is 11.8. The fourth-order valence-electron chi connectivity index (χ4n) is 2.30. The largest absolute Gasteiger partial charge is 0.340 e. The van der Waals surface area contributed by atoms with E-state index in [1.807, 2.05) is 0 Å². The van der Waals surface area contributed by atoms with Gasteiger partial charge in [0.05, 0.1) is 5.52 Å². The summed E-state index contributed by atoms with van der Waals surface area (Å²) in [4.78, 5) is 16.0. The molecule has 0 unspecified atom stereocenters. The van der Waals surface area contributed by atoms with Gasteiger partial charge in [0.25, 0.3) is 5.56 Å². The van der Waals surface area contributed by atoms with Crippen LogP contribution in [-0.2, 0) is 6.54 Å². The number of benzene rings is 1. The van der Waals surface area contributed by atoms with E-state index in [4.69, 9.17) is 0 Å². The summed E-state index contributed by atoms with van der Waals surface area (Å²) >= 11 is 0. The van der Waals surface area contributed by atoms with Crippen LogP contribution in [0.2, 0.25) is 0 Å². The van der Waals surface area contributed by atoms with E-state index >= 15 is 0 Å². The number of hydrogen-bond acceptors (Lipinski definition) is 3. The maximum absolute atomic E-state index is 13.6. The van der Waals surface area contributed by atoms with Crippen molar-refractivity contribution in [3.8, 4) is 0 Å². The quantitative estimate of drug-likeness (QED) is 0.806. The molecule has 0 saturated heterocycles. The van der Waals surface area contributed by atoms with Gasteiger partial charge in [-0.1, -0.05) is 0 Å². The van der Waals surface area contributed by atoms with Crippen molar-refractivity contribution in [1.82, 2.24) is 9.55 Å². The lowest BCUT2D eigenvalue weighted by molar-refractivity contribution is 0.585. The molecule has 2 aromatic heterocycles. The van der Waals surface area contributed by atoms with Gasteiger partial charge in [-0.15, -0.1) is 0 Å². The van der Waals surface area contributed by atoms with Crippen molar-refractivity contribution in [2.75, 3.05) is 5.32 Å². The molecular formula is C16H13F2N3O. The fourth-order valence-corrected chi connectivity index (χ4v) is 2.30. The number of rotatable bonds is 3. The molecule has 3 rings (SSSR count). The van der Waals surface area contributed by atoms with Gasteiger partial charge in [-0.2, -0.15) is 0 Å². The van der Waals surface area contributed by atoms with Crippen molar-refractivity contribution in [1.29, 1.82) is 0 Å². The Bertz CT molecular complexity index is 888. The molecule has 3 aromatic rings. The summed E-state index contributed by atoms with van der Waals surface area (Å²) in [5.74, 6) is -0.630. The third kappa shape index (κ3) is 2.55. The molecule has 0 amide bonds. The minimum absolute atomic E-state index is 0.327. The van der Waals surface area contributed by atoms with Crippen molar-refractivity contribution >= 4 is 22.4 Å². The van der Waals surface area contributed by atoms with Gasteiger partial charge in [0.15, 0.2) is 5.82 Å². The molecule has 1 aromatic carbocycles. The second-order valence-electron chi connectivity index (χ2n) is 4.80. The number of nitrogens with one attached hydrogen (secondary N) is 1. The van der Waals surface area contributed by atoms with E-state index < -0.39 is 11.4 Å². The molecule has 0 spiro atoms. The monoisotopic (exact) mass is 301 g/mol. The Hall–Kier alpha value is -2.76. The van der Waals surface area contributed by atoms with E-state index in [1.54, 1.807) is 25.1 Å². The summed E-state index contributed by atoms with van der Waals surface area (Å²) in [5.41, 5.74) is 0.600. The Morgan fingerprint density at radius 3 is 2.59 bits per heavy atom. The number of pyridine rings is 2. The first-order valence-electron chi connectivity index (χ1n) is 6.80. The van der Waals surface area contributed by atoms with Gasteiger partial charge in [-0.05, 0) is 37.3 Å². The predicted octanol–water partition coefficient (Wildman–Crippen LogP) is 3.44. The van der Waals surface area contributed by atoms with Crippen LogP contribution in [0.3, 0.4) is 0 Å². The van der Waals surface area contributed by atoms with Gasteiger partial charge in [0.1, 0.15) is 11.6 Å². The number of aromatic nitrogens is 2. The maximum atomic E-state index is 13.6. The van der Waals surface area contributed by atoms with Gasteiger partial charge in [0.2, 0.25) is 0 Å². The van der Waals surface area contributed by atoms with E-state index in [-0.39, 0.29) is 5.82 Å². The lowest BCUT2D eigenvalue weighted by atomic mass is 10.2. The predicted molar refractivity (Wildman–Crippen MR) is 81.3 cm³/mol. The number of nitrogens with zero attached hydrogens (tertiary/aromatic N) is 2. The van der Waals surface area contributed by atoms with Crippen LogP contribution < -0.4 is 10.9 Å². The Morgan fingerprint density at radius 1 is 1.18 bits per heavy atom. The number of hydrogen-bond donors (Lipinski definition) is 1. The minimum Gasteiger partial charge on any atom is -0.340 e. The van der Waals surface area contributed by atoms with Crippen LogP contribution in [0.25, 0.3) is 10.9 Å².